The molecule has 14 nitrogen and oxygen atoms in total. The van der Waals surface area contributed by atoms with Gasteiger partial charge in [-0.05, 0) is 63.1 Å². The van der Waals surface area contributed by atoms with Gasteiger partial charge in [-0.2, -0.15) is 0 Å². The Labute approximate surface area is 250 Å². The fourth-order valence-electron chi connectivity index (χ4n) is 4.32. The van der Waals surface area contributed by atoms with Crippen molar-refractivity contribution in [3.8, 4) is 0 Å². The number of esters is 1. The predicted molar refractivity (Wildman–Crippen MR) is 155 cm³/mol. The molecule has 7 N–H and O–H groups in total. The smallest absolute Gasteiger partial charge is 0.340 e. The van der Waals surface area contributed by atoms with Gasteiger partial charge in [-0.15, -0.1) is 0 Å². The number of benzene rings is 1. The summed E-state index contributed by atoms with van der Waals surface area (Å²) < 4.78 is 6.51. The monoisotopic (exact) mass is 602 g/mol. The number of carboxylic acids is 1. The number of aliphatic carboxylic acids is 1. The Balaban J connectivity index is 1.91. The van der Waals surface area contributed by atoms with E-state index in [9.17, 15) is 34.2 Å². The number of amides is 3. The quantitative estimate of drug-likeness (QED) is 0.0694. The van der Waals surface area contributed by atoms with Gasteiger partial charge in [-0.3, -0.25) is 14.4 Å². The first-order chi connectivity index (χ1) is 20.6. The van der Waals surface area contributed by atoms with Gasteiger partial charge in [0.1, 0.15) is 17.9 Å². The summed E-state index contributed by atoms with van der Waals surface area (Å²) in [7, 11) is 0.973. The van der Waals surface area contributed by atoms with Crippen LogP contribution in [-0.4, -0.2) is 87.8 Å². The van der Waals surface area contributed by atoms with Crippen LogP contribution in [0.3, 0.4) is 0 Å². The lowest BCUT2D eigenvalue weighted by Gasteiger charge is -2.23. The summed E-state index contributed by atoms with van der Waals surface area (Å²) >= 11 is 0. The van der Waals surface area contributed by atoms with Crippen molar-refractivity contribution in [1.82, 2.24) is 25.5 Å². The van der Waals surface area contributed by atoms with Crippen LogP contribution in [0.5, 0.6) is 0 Å². The van der Waals surface area contributed by atoms with Crippen LogP contribution in [0.4, 0.5) is 0 Å². The molecule has 0 unspecified atom stereocenters. The van der Waals surface area contributed by atoms with Gasteiger partial charge < -0.3 is 41.2 Å². The zero-order chi connectivity index (χ0) is 31.8. The first-order valence-electron chi connectivity index (χ1n) is 14.2. The Bertz CT molecular complexity index is 1220. The van der Waals surface area contributed by atoms with Crippen molar-refractivity contribution in [3.05, 3.63) is 53.6 Å². The zero-order valence-electron chi connectivity index (χ0n) is 24.6. The van der Waals surface area contributed by atoms with E-state index in [1.807, 2.05) is 42.7 Å². The molecule has 236 valence electrons. The van der Waals surface area contributed by atoms with Crippen molar-refractivity contribution in [2.75, 3.05) is 20.3 Å². The Morgan fingerprint density at radius 2 is 1.63 bits per heavy atom. The Kier molecular flexibility index (Phi) is 14.8. The fraction of sp³-hybridized carbons (Fsp3) is 0.517. The van der Waals surface area contributed by atoms with Crippen molar-refractivity contribution in [3.63, 3.8) is 0 Å². The predicted octanol–water partition coefficient (Wildman–Crippen LogP) is -0.410. The fourth-order valence-corrected chi connectivity index (χ4v) is 4.32. The highest BCUT2D eigenvalue weighted by Gasteiger charge is 2.33. The van der Waals surface area contributed by atoms with Crippen molar-refractivity contribution < 1.29 is 38.9 Å². The second-order valence-electron chi connectivity index (χ2n) is 10.1. The van der Waals surface area contributed by atoms with E-state index in [0.717, 1.165) is 44.3 Å². The minimum absolute atomic E-state index is 0.0379. The normalized spacial score (nSPS) is 12.9. The number of imidazole rings is 1. The molecule has 0 radical (unpaired) electrons. The van der Waals surface area contributed by atoms with Crippen LogP contribution in [0.2, 0.25) is 0 Å². The van der Waals surface area contributed by atoms with Crippen molar-refractivity contribution >= 4 is 29.7 Å². The average molecular weight is 603 g/mol. The average Bonchev–Trinajstić information content (AvgIpc) is 3.40. The van der Waals surface area contributed by atoms with Crippen molar-refractivity contribution in [2.24, 2.45) is 5.73 Å². The Morgan fingerprint density at radius 1 is 0.953 bits per heavy atom. The molecule has 0 aliphatic heterocycles. The molecule has 2 rings (SSSR count). The molecule has 0 spiro atoms. The molecule has 1 heterocycles. The summed E-state index contributed by atoms with van der Waals surface area (Å²) in [4.78, 5) is 65.7. The summed E-state index contributed by atoms with van der Waals surface area (Å²) in [6.45, 7) is 2.45. The van der Waals surface area contributed by atoms with E-state index in [-0.39, 0.29) is 12.8 Å². The number of hydrogen-bond donors (Lipinski definition) is 6. The maximum atomic E-state index is 12.9. The van der Waals surface area contributed by atoms with Gasteiger partial charge in [-0.1, -0.05) is 24.3 Å². The number of unbranched alkanes of at least 4 members (excludes halogenated alkanes) is 2. The molecule has 3 atom stereocenters. The van der Waals surface area contributed by atoms with Gasteiger partial charge in [0, 0.05) is 18.9 Å². The minimum atomic E-state index is -1.97. The van der Waals surface area contributed by atoms with Crippen molar-refractivity contribution in [1.29, 1.82) is 0 Å². The van der Waals surface area contributed by atoms with E-state index in [0.29, 0.717) is 24.9 Å². The van der Waals surface area contributed by atoms with E-state index in [2.05, 4.69) is 24.9 Å². The summed E-state index contributed by atoms with van der Waals surface area (Å²) in [5.74, 6) is -4.15. The summed E-state index contributed by atoms with van der Waals surface area (Å²) in [5.41, 5.74) is 7.36. The topological polar surface area (TPSA) is 215 Å². The van der Waals surface area contributed by atoms with Crippen LogP contribution in [0, 0.1) is 6.92 Å². The Hall–Kier alpha value is -4.30. The van der Waals surface area contributed by atoms with Crippen LogP contribution in [-0.2, 0) is 48.1 Å². The number of aryl methyl sites for hydroxylation is 3. The number of carbonyl (C=O) groups is 5. The van der Waals surface area contributed by atoms with Crippen LogP contribution < -0.4 is 21.7 Å². The van der Waals surface area contributed by atoms with Crippen LogP contribution in [0.15, 0.2) is 36.7 Å². The number of aromatic nitrogens is 2. The summed E-state index contributed by atoms with van der Waals surface area (Å²) in [6.07, 6.45) is 7.59. The third-order valence-corrected chi connectivity index (χ3v) is 6.81. The molecule has 0 aliphatic rings. The van der Waals surface area contributed by atoms with E-state index >= 15 is 0 Å². The number of carbonyl (C=O) groups excluding carboxylic acids is 4. The van der Waals surface area contributed by atoms with Gasteiger partial charge in [-0.25, -0.2) is 14.6 Å². The van der Waals surface area contributed by atoms with E-state index in [1.54, 1.807) is 6.20 Å². The molecular weight excluding hydrogens is 560 g/mol. The molecule has 0 fully saturated rings. The standard InChI is InChI=1S/C29H42N6O8/c1-19-31-14-16-35(19)15-6-4-7-20-9-11-21(12-10-20)17-24(37)32-23(18-36)27(39)33-22(8-3-5-13-30)26(38)34-25(28(40)41)29(42)43-2/h9-12,14,16,22-23,25,36H,3-8,13,15,17-18,30H2,1-2H3,(H,32,37)(H,33,39)(H,34,38)(H,40,41)/t22-,23-,25+/m0/s1. The summed E-state index contributed by atoms with van der Waals surface area (Å²) in [5, 5.41) is 26.0. The molecule has 1 aromatic heterocycles. The molecule has 2 aromatic rings. The van der Waals surface area contributed by atoms with Gasteiger partial charge in [0.25, 0.3) is 0 Å². The zero-order valence-corrected chi connectivity index (χ0v) is 24.6. The number of nitrogens with one attached hydrogen (secondary N) is 3. The largest absolute Gasteiger partial charge is 0.479 e. The molecule has 43 heavy (non-hydrogen) atoms. The molecule has 0 bridgehead atoms. The number of hydrogen-bond acceptors (Lipinski definition) is 9. The first-order valence-corrected chi connectivity index (χ1v) is 14.2. The molecule has 0 saturated carbocycles. The molecular formula is C29H42N6O8. The van der Waals surface area contributed by atoms with E-state index in [1.165, 1.54) is 0 Å². The summed E-state index contributed by atoms with van der Waals surface area (Å²) in [6, 6.07) is 2.97. The van der Waals surface area contributed by atoms with Gasteiger partial charge >= 0.3 is 11.9 Å². The first kappa shape index (κ1) is 34.9. The molecule has 3 amide bonds. The Morgan fingerprint density at radius 3 is 2.21 bits per heavy atom. The van der Waals surface area contributed by atoms with Crippen LogP contribution in [0.25, 0.3) is 0 Å². The lowest BCUT2D eigenvalue weighted by atomic mass is 10.0. The van der Waals surface area contributed by atoms with Crippen LogP contribution in [0.1, 0.15) is 49.1 Å². The van der Waals surface area contributed by atoms with Crippen LogP contribution >= 0.6 is 0 Å². The lowest BCUT2D eigenvalue weighted by Crippen LogP contribution is -2.57. The molecule has 0 aliphatic carbocycles. The lowest BCUT2D eigenvalue weighted by molar-refractivity contribution is -0.155. The number of carboxylic acid groups (broad SMARTS) is 1. The third-order valence-electron chi connectivity index (χ3n) is 6.81. The van der Waals surface area contributed by atoms with Crippen molar-refractivity contribution in [2.45, 2.75) is 76.5 Å². The third kappa shape index (κ3) is 11.8. The highest BCUT2D eigenvalue weighted by atomic mass is 16.5. The highest BCUT2D eigenvalue weighted by Crippen LogP contribution is 2.10. The van der Waals surface area contributed by atoms with Gasteiger partial charge in [0.15, 0.2) is 0 Å². The number of rotatable bonds is 19. The minimum Gasteiger partial charge on any atom is -0.479 e. The number of aliphatic hydroxyl groups is 1. The number of nitrogens with two attached hydrogens (primary N) is 1. The SMILES string of the molecule is COC(=O)[C@H](NC(=O)[C@H](CCCCN)NC(=O)[C@H](CO)NC(=O)Cc1ccc(CCCCn2ccnc2C)cc1)C(=O)O. The second kappa shape index (κ2) is 18.3. The second-order valence-corrected chi connectivity index (χ2v) is 10.1. The number of nitrogens with zero attached hydrogens (tertiary/aromatic N) is 2. The number of aliphatic hydroxyl groups excluding tert-OH is 1. The molecule has 0 saturated heterocycles. The number of methoxy groups -OCH3 is 1. The highest BCUT2D eigenvalue weighted by molar-refractivity contribution is 6.03. The number of ether oxygens (including phenoxy) is 1. The van der Waals surface area contributed by atoms with Gasteiger partial charge in [0.2, 0.25) is 23.8 Å². The molecule has 1 aromatic carbocycles. The van der Waals surface area contributed by atoms with Gasteiger partial charge in [0.05, 0.1) is 20.1 Å². The maximum Gasteiger partial charge on any atom is 0.340 e. The maximum absolute atomic E-state index is 12.9. The van der Waals surface area contributed by atoms with E-state index < -0.39 is 54.4 Å². The van der Waals surface area contributed by atoms with E-state index in [4.69, 9.17) is 5.73 Å². The molecule has 14 heteroatoms.